The highest BCUT2D eigenvalue weighted by Gasteiger charge is 2.65. The quantitative estimate of drug-likeness (QED) is 0.782. The van der Waals surface area contributed by atoms with Gasteiger partial charge >= 0.3 is 0 Å². The van der Waals surface area contributed by atoms with E-state index in [1.807, 2.05) is 0 Å². The smallest absolute Gasteiger partial charge is 0.226 e. The zero-order valence-electron chi connectivity index (χ0n) is 15.0. The Morgan fingerprint density at radius 2 is 2.25 bits per heavy atom. The van der Waals surface area contributed by atoms with E-state index in [4.69, 9.17) is 22.7 Å². The van der Waals surface area contributed by atoms with Crippen LogP contribution < -0.4 is 5.73 Å². The molecule has 126 valence electrons. The van der Waals surface area contributed by atoms with Gasteiger partial charge < -0.3 is 25.1 Å². The molecule has 2 aromatic rings. The van der Waals surface area contributed by atoms with Crippen molar-refractivity contribution < 1.29 is 22.1 Å². The summed E-state index contributed by atoms with van der Waals surface area (Å²) in [6.45, 7) is 0.550. The van der Waals surface area contributed by atoms with Crippen LogP contribution >= 0.6 is 0 Å². The molecule has 24 heavy (non-hydrogen) atoms. The van der Waals surface area contributed by atoms with E-state index in [1.165, 1.54) is 10.8 Å². The SMILES string of the molecule is [2H]C([2H])(O)[C@H]1O[C@@](C#N)(c2ccc3c(N)ncnn23)[C@@H]2OC(C)(C)O[C@@H]21. The van der Waals surface area contributed by atoms with Gasteiger partial charge in [-0.3, -0.25) is 0 Å². The number of fused-ring (bicyclic) bond motifs is 2. The monoisotopic (exact) mass is 333 g/mol. The molecule has 2 aliphatic heterocycles. The third-order valence-electron chi connectivity index (χ3n) is 4.30. The minimum atomic E-state index is -2.74. The molecular weight excluding hydrogens is 314 g/mol. The molecule has 3 N–H and O–H groups in total. The second-order valence-electron chi connectivity index (χ2n) is 6.20. The molecule has 0 aliphatic carbocycles. The molecule has 0 radical (unpaired) electrons. The zero-order chi connectivity index (χ0) is 18.9. The van der Waals surface area contributed by atoms with Crippen molar-refractivity contribution >= 4 is 11.3 Å². The zero-order valence-corrected chi connectivity index (χ0v) is 13.0. The molecule has 0 spiro atoms. The molecule has 4 atom stereocenters. The largest absolute Gasteiger partial charge is 0.394 e. The fraction of sp³-hybridized carbons (Fsp3) is 0.533. The van der Waals surface area contributed by atoms with Gasteiger partial charge in [0.15, 0.2) is 11.6 Å². The number of nitrogens with two attached hydrogens (primary N) is 1. The molecular formula is C15H17N5O4. The number of hydrogen-bond donors (Lipinski definition) is 2. The summed E-state index contributed by atoms with van der Waals surface area (Å²) >= 11 is 0. The minimum absolute atomic E-state index is 0.215. The topological polar surface area (TPSA) is 128 Å². The Labute approximate surface area is 140 Å². The van der Waals surface area contributed by atoms with Crippen LogP contribution in [0.3, 0.4) is 0 Å². The van der Waals surface area contributed by atoms with E-state index >= 15 is 0 Å². The predicted octanol–water partition coefficient (Wildman–Crippen LogP) is -0.0584. The van der Waals surface area contributed by atoms with Crippen LogP contribution in [0.5, 0.6) is 0 Å². The van der Waals surface area contributed by atoms with E-state index in [-0.39, 0.29) is 11.5 Å². The van der Waals surface area contributed by atoms with Gasteiger partial charge in [0.25, 0.3) is 0 Å². The maximum Gasteiger partial charge on any atom is 0.226 e. The average molecular weight is 333 g/mol. The molecule has 4 rings (SSSR count). The first-order chi connectivity index (χ1) is 12.1. The molecule has 2 aliphatic rings. The Balaban J connectivity index is 1.92. The lowest BCUT2D eigenvalue weighted by atomic mass is 9.92. The van der Waals surface area contributed by atoms with Gasteiger partial charge in [-0.2, -0.15) is 10.4 Å². The normalized spacial score (nSPS) is 36.2. The number of hydrogen-bond acceptors (Lipinski definition) is 8. The number of aromatic nitrogens is 3. The number of anilines is 1. The van der Waals surface area contributed by atoms with Crippen molar-refractivity contribution in [1.82, 2.24) is 14.6 Å². The highest BCUT2D eigenvalue weighted by molar-refractivity contribution is 5.66. The van der Waals surface area contributed by atoms with Gasteiger partial charge in [-0.05, 0) is 26.0 Å². The van der Waals surface area contributed by atoms with Crippen molar-refractivity contribution in [2.24, 2.45) is 0 Å². The number of nitrogens with zero attached hydrogens (tertiary/aromatic N) is 4. The maximum absolute atomic E-state index is 10.0. The Morgan fingerprint density at radius 3 is 2.96 bits per heavy atom. The summed E-state index contributed by atoms with van der Waals surface area (Å²) in [6.07, 6.45) is -2.17. The Kier molecular flexibility index (Phi) is 2.66. The third kappa shape index (κ3) is 1.88. The number of nitrogen functional groups attached to an aromatic ring is 1. The highest BCUT2D eigenvalue weighted by atomic mass is 16.8. The number of nitriles is 1. The summed E-state index contributed by atoms with van der Waals surface area (Å²) in [6, 6.07) is 5.29. The standard InChI is InChI=1S/C15H17N5O4/c1-14(2)23-11-9(5-21)22-15(6-16,12(11)24-14)10-4-3-8-13(17)18-7-19-20(8)10/h3-4,7,9,11-12,21H,5H2,1-2H3,(H2,17,18,19)/t9-,11-,12-,15+/m1/s1/i5D2. The van der Waals surface area contributed by atoms with E-state index in [0.29, 0.717) is 5.52 Å². The molecule has 0 bridgehead atoms. The van der Waals surface area contributed by atoms with Crippen molar-refractivity contribution in [2.75, 3.05) is 12.3 Å². The second kappa shape index (κ2) is 4.87. The maximum atomic E-state index is 10.0. The molecule has 4 heterocycles. The molecule has 0 amide bonds. The van der Waals surface area contributed by atoms with E-state index < -0.39 is 36.3 Å². The first kappa shape index (κ1) is 13.1. The summed E-state index contributed by atoms with van der Waals surface area (Å²) in [5, 5.41) is 24.1. The van der Waals surface area contributed by atoms with Crippen LogP contribution in [0, 0.1) is 11.3 Å². The second-order valence-corrected chi connectivity index (χ2v) is 6.20. The van der Waals surface area contributed by atoms with Gasteiger partial charge in [0.2, 0.25) is 5.60 Å². The predicted molar refractivity (Wildman–Crippen MR) is 80.5 cm³/mol. The lowest BCUT2D eigenvalue weighted by Gasteiger charge is -2.28. The Bertz CT molecular complexity index is 921. The molecule has 2 saturated heterocycles. The van der Waals surface area contributed by atoms with Crippen LogP contribution in [0.25, 0.3) is 5.52 Å². The van der Waals surface area contributed by atoms with Gasteiger partial charge in [-0.25, -0.2) is 9.50 Å². The van der Waals surface area contributed by atoms with Crippen LogP contribution in [0.1, 0.15) is 22.3 Å². The van der Waals surface area contributed by atoms with Crippen molar-refractivity contribution in [3.8, 4) is 6.07 Å². The highest BCUT2D eigenvalue weighted by Crippen LogP contribution is 2.49. The van der Waals surface area contributed by atoms with Crippen LogP contribution in [-0.4, -0.2) is 50.4 Å². The molecule has 0 unspecified atom stereocenters. The summed E-state index contributed by atoms with van der Waals surface area (Å²) < 4.78 is 34.1. The third-order valence-corrected chi connectivity index (χ3v) is 4.30. The molecule has 2 aromatic heterocycles. The number of rotatable bonds is 2. The van der Waals surface area contributed by atoms with Gasteiger partial charge in [0.1, 0.15) is 36.2 Å². The fourth-order valence-corrected chi connectivity index (χ4v) is 3.35. The van der Waals surface area contributed by atoms with Crippen molar-refractivity contribution in [1.29, 1.82) is 5.26 Å². The summed E-state index contributed by atoms with van der Waals surface area (Å²) in [4.78, 5) is 3.91. The summed E-state index contributed by atoms with van der Waals surface area (Å²) in [5.74, 6) is -0.863. The Hall–Kier alpha value is -2.25. The minimum Gasteiger partial charge on any atom is -0.394 e. The van der Waals surface area contributed by atoms with E-state index in [9.17, 15) is 10.4 Å². The van der Waals surface area contributed by atoms with Gasteiger partial charge in [-0.1, -0.05) is 0 Å². The van der Waals surface area contributed by atoms with E-state index in [1.54, 1.807) is 26.0 Å². The first-order valence-corrected chi connectivity index (χ1v) is 7.35. The molecule has 0 aromatic carbocycles. The first-order valence-electron chi connectivity index (χ1n) is 8.35. The number of aliphatic hydroxyl groups is 1. The van der Waals surface area contributed by atoms with Gasteiger partial charge in [0.05, 0.1) is 15.0 Å². The van der Waals surface area contributed by atoms with Crippen molar-refractivity contribution in [2.45, 2.75) is 43.5 Å². The molecule has 0 saturated carbocycles. The van der Waals surface area contributed by atoms with E-state index in [0.717, 1.165) is 0 Å². The van der Waals surface area contributed by atoms with Crippen LogP contribution in [0.15, 0.2) is 18.5 Å². The van der Waals surface area contributed by atoms with Crippen molar-refractivity contribution in [3.05, 3.63) is 24.2 Å². The molecule has 9 nitrogen and oxygen atoms in total. The van der Waals surface area contributed by atoms with Gasteiger partial charge in [-0.15, -0.1) is 0 Å². The van der Waals surface area contributed by atoms with Crippen molar-refractivity contribution in [3.63, 3.8) is 0 Å². The lowest BCUT2D eigenvalue weighted by molar-refractivity contribution is -0.204. The fourth-order valence-electron chi connectivity index (χ4n) is 3.35. The lowest BCUT2D eigenvalue weighted by Crippen LogP contribution is -2.40. The number of ether oxygens (including phenoxy) is 3. The molecule has 2 fully saturated rings. The van der Waals surface area contributed by atoms with E-state index in [2.05, 4.69) is 16.2 Å². The van der Waals surface area contributed by atoms with Gasteiger partial charge in [0, 0.05) is 0 Å². The summed E-state index contributed by atoms with van der Waals surface area (Å²) in [7, 11) is 0. The Morgan fingerprint density at radius 1 is 1.46 bits per heavy atom. The van der Waals surface area contributed by atoms with Crippen LogP contribution in [0.4, 0.5) is 5.82 Å². The summed E-state index contributed by atoms with van der Waals surface area (Å²) in [5.41, 5.74) is 4.84. The molecule has 9 heteroatoms. The average Bonchev–Trinajstić information content (AvgIpc) is 3.17. The van der Waals surface area contributed by atoms with Crippen LogP contribution in [0.2, 0.25) is 0 Å². The van der Waals surface area contributed by atoms with Crippen LogP contribution in [-0.2, 0) is 19.8 Å².